The first-order valence-electron chi connectivity index (χ1n) is 10.0. The lowest BCUT2D eigenvalue weighted by molar-refractivity contribution is 0.0921. The van der Waals surface area contributed by atoms with Crippen molar-refractivity contribution in [1.82, 2.24) is 20.5 Å². The van der Waals surface area contributed by atoms with E-state index in [-0.39, 0.29) is 23.4 Å². The Morgan fingerprint density at radius 1 is 0.966 bits per heavy atom. The van der Waals surface area contributed by atoms with Crippen LogP contribution in [-0.4, -0.2) is 27.1 Å². The fourth-order valence-electron chi connectivity index (χ4n) is 4.42. The van der Waals surface area contributed by atoms with E-state index in [1.54, 1.807) is 0 Å². The second-order valence-electron chi connectivity index (χ2n) is 7.78. The number of nitrogens with one attached hydrogen (secondary N) is 3. The van der Waals surface area contributed by atoms with E-state index in [4.69, 9.17) is 0 Å². The van der Waals surface area contributed by atoms with Gasteiger partial charge in [-0.2, -0.15) is 5.10 Å². The molecule has 0 saturated heterocycles. The van der Waals surface area contributed by atoms with Gasteiger partial charge in [-0.05, 0) is 43.9 Å². The summed E-state index contributed by atoms with van der Waals surface area (Å²) in [5.41, 5.74) is 2.38. The van der Waals surface area contributed by atoms with Crippen LogP contribution in [0.5, 0.6) is 0 Å². The Hall–Kier alpha value is -3.41. The van der Waals surface area contributed by atoms with Crippen LogP contribution < -0.4 is 10.9 Å². The Balaban J connectivity index is 1.28. The standard InChI is InChI=1S/C23H22N4O2/c28-22-18-7-3-2-6-17(18)21(26-27-22)14-9-11-16(12-10-14)24-23(29)20-13-15-5-1-4-8-19(15)25-20/h1-8,13-14,16,25H,9-12H2,(H,24,29)(H,27,28)/t14-,16-. The summed E-state index contributed by atoms with van der Waals surface area (Å²) in [6, 6.07) is 17.6. The molecule has 2 aromatic carbocycles. The van der Waals surface area contributed by atoms with Gasteiger partial charge in [0.05, 0.1) is 11.1 Å². The van der Waals surface area contributed by atoms with Crippen LogP contribution in [0.15, 0.2) is 59.4 Å². The molecular weight excluding hydrogens is 364 g/mol. The minimum absolute atomic E-state index is 0.0581. The number of fused-ring (bicyclic) bond motifs is 2. The average molecular weight is 386 g/mol. The highest BCUT2D eigenvalue weighted by molar-refractivity contribution is 5.98. The third-order valence-corrected chi connectivity index (χ3v) is 5.95. The SMILES string of the molecule is O=C(N[C@H]1CC[C@H](c2n[nH]c(=O)c3ccccc32)CC1)c1cc2ccccc2[nH]1. The number of amides is 1. The van der Waals surface area contributed by atoms with Gasteiger partial charge in [-0.3, -0.25) is 9.59 Å². The van der Waals surface area contributed by atoms with Crippen LogP contribution in [0.1, 0.15) is 47.8 Å². The van der Waals surface area contributed by atoms with Crippen molar-refractivity contribution in [3.8, 4) is 0 Å². The number of hydrogen-bond donors (Lipinski definition) is 3. The van der Waals surface area contributed by atoms with Crippen molar-refractivity contribution in [3.63, 3.8) is 0 Å². The summed E-state index contributed by atoms with van der Waals surface area (Å²) < 4.78 is 0. The van der Waals surface area contributed by atoms with Gasteiger partial charge in [-0.1, -0.05) is 36.4 Å². The first-order chi connectivity index (χ1) is 14.2. The van der Waals surface area contributed by atoms with E-state index in [9.17, 15) is 9.59 Å². The molecule has 6 nitrogen and oxygen atoms in total. The molecule has 2 heterocycles. The quantitative estimate of drug-likeness (QED) is 0.499. The van der Waals surface area contributed by atoms with Gasteiger partial charge in [0.2, 0.25) is 0 Å². The topological polar surface area (TPSA) is 90.6 Å². The van der Waals surface area contributed by atoms with Crippen molar-refractivity contribution >= 4 is 27.6 Å². The molecule has 5 rings (SSSR count). The van der Waals surface area contributed by atoms with Gasteiger partial charge in [0.1, 0.15) is 5.69 Å². The number of para-hydroxylation sites is 1. The maximum atomic E-state index is 12.7. The number of carbonyl (C=O) groups is 1. The Kier molecular flexibility index (Phi) is 4.39. The van der Waals surface area contributed by atoms with Gasteiger partial charge < -0.3 is 10.3 Å². The third kappa shape index (κ3) is 3.31. The van der Waals surface area contributed by atoms with Crippen molar-refractivity contribution in [1.29, 1.82) is 0 Å². The normalized spacial score (nSPS) is 19.4. The molecule has 1 amide bonds. The molecule has 0 radical (unpaired) electrons. The summed E-state index contributed by atoms with van der Waals surface area (Å²) >= 11 is 0. The lowest BCUT2D eigenvalue weighted by atomic mass is 9.82. The maximum absolute atomic E-state index is 12.7. The van der Waals surface area contributed by atoms with Gasteiger partial charge in [0, 0.05) is 28.2 Å². The van der Waals surface area contributed by atoms with Crippen LogP contribution in [0.2, 0.25) is 0 Å². The molecule has 6 heteroatoms. The number of aromatic amines is 2. The smallest absolute Gasteiger partial charge is 0.272 e. The number of aromatic nitrogens is 3. The molecule has 1 aliphatic rings. The van der Waals surface area contributed by atoms with Gasteiger partial charge in [0.15, 0.2) is 0 Å². The number of benzene rings is 2. The van der Waals surface area contributed by atoms with Gasteiger partial charge >= 0.3 is 0 Å². The maximum Gasteiger partial charge on any atom is 0.272 e. The summed E-state index contributed by atoms with van der Waals surface area (Å²) in [5, 5.41) is 12.8. The van der Waals surface area contributed by atoms with E-state index >= 15 is 0 Å². The largest absolute Gasteiger partial charge is 0.351 e. The first-order valence-corrected chi connectivity index (χ1v) is 10.0. The van der Waals surface area contributed by atoms with Gasteiger partial charge in [-0.25, -0.2) is 5.10 Å². The lowest BCUT2D eigenvalue weighted by Crippen LogP contribution is -2.37. The highest BCUT2D eigenvalue weighted by atomic mass is 16.2. The molecule has 3 N–H and O–H groups in total. The van der Waals surface area contributed by atoms with Crippen LogP contribution in [0, 0.1) is 0 Å². The molecule has 2 aromatic heterocycles. The zero-order valence-electron chi connectivity index (χ0n) is 15.9. The van der Waals surface area contributed by atoms with Gasteiger partial charge in [0.25, 0.3) is 11.5 Å². The Morgan fingerprint density at radius 2 is 1.69 bits per heavy atom. The fraction of sp³-hybridized carbons (Fsp3) is 0.261. The Bertz CT molecular complexity index is 1220. The van der Waals surface area contributed by atoms with E-state index < -0.39 is 0 Å². The van der Waals surface area contributed by atoms with Crippen molar-refractivity contribution < 1.29 is 4.79 Å². The Morgan fingerprint density at radius 3 is 2.48 bits per heavy atom. The van der Waals surface area contributed by atoms with Crippen LogP contribution in [0.3, 0.4) is 0 Å². The van der Waals surface area contributed by atoms with Gasteiger partial charge in [-0.15, -0.1) is 0 Å². The molecule has 29 heavy (non-hydrogen) atoms. The molecule has 4 aromatic rings. The number of carbonyl (C=O) groups excluding carboxylic acids is 1. The van der Waals surface area contributed by atoms with Crippen LogP contribution >= 0.6 is 0 Å². The lowest BCUT2D eigenvalue weighted by Gasteiger charge is -2.29. The number of hydrogen-bond acceptors (Lipinski definition) is 3. The summed E-state index contributed by atoms with van der Waals surface area (Å²) in [4.78, 5) is 27.9. The van der Waals surface area contributed by atoms with Crippen molar-refractivity contribution in [2.75, 3.05) is 0 Å². The molecule has 0 bridgehead atoms. The van der Waals surface area contributed by atoms with E-state index in [1.807, 2.05) is 54.6 Å². The molecule has 0 spiro atoms. The number of H-pyrrole nitrogens is 2. The summed E-state index contributed by atoms with van der Waals surface area (Å²) in [5.74, 6) is 0.232. The Labute approximate surface area is 167 Å². The van der Waals surface area contributed by atoms with E-state index in [0.29, 0.717) is 11.1 Å². The van der Waals surface area contributed by atoms with Crippen molar-refractivity contribution in [3.05, 3.63) is 76.3 Å². The van der Waals surface area contributed by atoms with E-state index in [0.717, 1.165) is 47.7 Å². The van der Waals surface area contributed by atoms with Crippen molar-refractivity contribution in [2.45, 2.75) is 37.6 Å². The summed E-state index contributed by atoms with van der Waals surface area (Å²) in [6.45, 7) is 0. The average Bonchev–Trinajstić information content (AvgIpc) is 3.20. The molecule has 1 aliphatic carbocycles. The zero-order valence-corrected chi connectivity index (χ0v) is 15.9. The predicted octanol–water partition coefficient (Wildman–Crippen LogP) is 3.86. The minimum atomic E-state index is -0.149. The molecule has 1 saturated carbocycles. The van der Waals surface area contributed by atoms with Crippen LogP contribution in [-0.2, 0) is 0 Å². The van der Waals surface area contributed by atoms with E-state index in [1.165, 1.54) is 0 Å². The van der Waals surface area contributed by atoms with Crippen LogP contribution in [0.25, 0.3) is 21.7 Å². The molecule has 0 atom stereocenters. The first kappa shape index (κ1) is 17.7. The molecule has 0 unspecified atom stereocenters. The van der Waals surface area contributed by atoms with Crippen LogP contribution in [0.4, 0.5) is 0 Å². The minimum Gasteiger partial charge on any atom is -0.351 e. The second kappa shape index (κ2) is 7.20. The number of nitrogens with zero attached hydrogens (tertiary/aromatic N) is 1. The zero-order chi connectivity index (χ0) is 19.8. The fourth-order valence-corrected chi connectivity index (χ4v) is 4.42. The molecule has 1 fully saturated rings. The third-order valence-electron chi connectivity index (χ3n) is 5.95. The number of rotatable bonds is 3. The summed E-state index contributed by atoms with van der Waals surface area (Å²) in [7, 11) is 0. The van der Waals surface area contributed by atoms with E-state index in [2.05, 4.69) is 20.5 Å². The summed E-state index contributed by atoms with van der Waals surface area (Å²) in [6.07, 6.45) is 3.65. The predicted molar refractivity (Wildman–Crippen MR) is 113 cm³/mol. The monoisotopic (exact) mass is 386 g/mol. The second-order valence-corrected chi connectivity index (χ2v) is 7.78. The molecule has 146 valence electrons. The van der Waals surface area contributed by atoms with Crippen molar-refractivity contribution in [2.24, 2.45) is 0 Å². The highest BCUT2D eigenvalue weighted by Crippen LogP contribution is 2.34. The highest BCUT2D eigenvalue weighted by Gasteiger charge is 2.26. The molecule has 0 aliphatic heterocycles. The molecular formula is C23H22N4O2.